The number of carbonyl (C=O) groups excluding carboxylic acids is 1. The van der Waals surface area contributed by atoms with Gasteiger partial charge in [-0.2, -0.15) is 13.2 Å². The summed E-state index contributed by atoms with van der Waals surface area (Å²) in [5.41, 5.74) is -1.30. The summed E-state index contributed by atoms with van der Waals surface area (Å²) in [6, 6.07) is 6.92. The van der Waals surface area contributed by atoms with Crippen LogP contribution in [0.15, 0.2) is 36.4 Å². The van der Waals surface area contributed by atoms with Crippen LogP contribution < -0.4 is 5.32 Å². The Bertz CT molecular complexity index is 775. The Morgan fingerprint density at radius 1 is 1.26 bits per heavy atom. The van der Waals surface area contributed by atoms with E-state index >= 15 is 0 Å². The van der Waals surface area contributed by atoms with Crippen LogP contribution in [0.4, 0.5) is 24.5 Å². The molecule has 0 aliphatic heterocycles. The monoisotopic (exact) mass is 325 g/mol. The fourth-order valence-electron chi connectivity index (χ4n) is 1.85. The van der Waals surface area contributed by atoms with Gasteiger partial charge in [-0.1, -0.05) is 6.07 Å². The van der Waals surface area contributed by atoms with E-state index in [4.69, 9.17) is 0 Å². The maximum atomic E-state index is 12.5. The molecular weight excluding hydrogens is 315 g/mol. The second-order valence-electron chi connectivity index (χ2n) is 4.59. The number of rotatable bonds is 3. The molecule has 2 aromatic rings. The third-order valence-corrected chi connectivity index (χ3v) is 2.94. The lowest BCUT2D eigenvalue weighted by atomic mass is 10.1. The van der Waals surface area contributed by atoms with E-state index in [0.717, 1.165) is 12.1 Å². The number of hydrogen-bond donors (Lipinski definition) is 1. The van der Waals surface area contributed by atoms with Gasteiger partial charge in [0, 0.05) is 17.8 Å². The SMILES string of the molecule is Cc1nc(C(F)(F)F)ccc1C(=O)Nc1cccc([N+](=O)[O-])c1. The molecule has 0 saturated carbocycles. The average Bonchev–Trinajstić information content (AvgIpc) is 2.46. The Balaban J connectivity index is 2.24. The largest absolute Gasteiger partial charge is 0.433 e. The number of hydrogen-bond acceptors (Lipinski definition) is 4. The predicted molar refractivity (Wildman–Crippen MR) is 75.0 cm³/mol. The van der Waals surface area contributed by atoms with Crippen molar-refractivity contribution in [3.8, 4) is 0 Å². The number of nitrogens with one attached hydrogen (secondary N) is 1. The lowest BCUT2D eigenvalue weighted by Crippen LogP contribution is -2.16. The number of aromatic nitrogens is 1. The summed E-state index contributed by atoms with van der Waals surface area (Å²) in [6.07, 6.45) is -4.60. The number of nitro groups is 1. The molecule has 1 aromatic carbocycles. The van der Waals surface area contributed by atoms with Crippen molar-refractivity contribution in [2.75, 3.05) is 5.32 Å². The first-order chi connectivity index (χ1) is 10.7. The molecule has 6 nitrogen and oxygen atoms in total. The van der Waals surface area contributed by atoms with Crippen LogP contribution in [0, 0.1) is 17.0 Å². The fraction of sp³-hybridized carbons (Fsp3) is 0.143. The minimum absolute atomic E-state index is 0.0514. The molecule has 0 aliphatic rings. The van der Waals surface area contributed by atoms with Crippen LogP contribution in [0.5, 0.6) is 0 Å². The molecule has 0 radical (unpaired) electrons. The number of pyridine rings is 1. The Morgan fingerprint density at radius 2 is 1.96 bits per heavy atom. The number of anilines is 1. The van der Waals surface area contributed by atoms with Crippen molar-refractivity contribution in [1.82, 2.24) is 4.98 Å². The van der Waals surface area contributed by atoms with Crippen LogP contribution >= 0.6 is 0 Å². The predicted octanol–water partition coefficient (Wildman–Crippen LogP) is 3.57. The van der Waals surface area contributed by atoms with Gasteiger partial charge in [0.05, 0.1) is 16.2 Å². The Labute approximate surface area is 128 Å². The van der Waals surface area contributed by atoms with Gasteiger partial charge in [0.2, 0.25) is 0 Å². The summed E-state index contributed by atoms with van der Waals surface area (Å²) < 4.78 is 37.6. The Hall–Kier alpha value is -2.97. The van der Waals surface area contributed by atoms with E-state index in [1.54, 1.807) is 0 Å². The van der Waals surface area contributed by atoms with Gasteiger partial charge in [0.1, 0.15) is 5.69 Å². The van der Waals surface area contributed by atoms with Gasteiger partial charge in [-0.25, -0.2) is 4.98 Å². The highest BCUT2D eigenvalue weighted by Crippen LogP contribution is 2.28. The van der Waals surface area contributed by atoms with Crippen molar-refractivity contribution in [2.24, 2.45) is 0 Å². The van der Waals surface area contributed by atoms with Crippen molar-refractivity contribution in [3.63, 3.8) is 0 Å². The number of carbonyl (C=O) groups is 1. The molecule has 0 saturated heterocycles. The number of nitro benzene ring substituents is 1. The Morgan fingerprint density at radius 3 is 2.52 bits per heavy atom. The maximum absolute atomic E-state index is 12.5. The molecule has 1 aromatic heterocycles. The minimum Gasteiger partial charge on any atom is -0.322 e. The van der Waals surface area contributed by atoms with Crippen molar-refractivity contribution in [2.45, 2.75) is 13.1 Å². The zero-order valence-corrected chi connectivity index (χ0v) is 11.7. The molecule has 23 heavy (non-hydrogen) atoms. The summed E-state index contributed by atoms with van der Waals surface area (Å²) >= 11 is 0. The highest BCUT2D eigenvalue weighted by Gasteiger charge is 2.33. The van der Waals surface area contributed by atoms with Crippen LogP contribution in [0.25, 0.3) is 0 Å². The molecular formula is C14H10F3N3O3. The third-order valence-electron chi connectivity index (χ3n) is 2.94. The molecule has 0 aliphatic carbocycles. The average molecular weight is 325 g/mol. The summed E-state index contributed by atoms with van der Waals surface area (Å²) in [6.45, 7) is 1.28. The molecule has 120 valence electrons. The quantitative estimate of drug-likeness (QED) is 0.690. The van der Waals surface area contributed by atoms with Gasteiger partial charge in [-0.3, -0.25) is 14.9 Å². The van der Waals surface area contributed by atoms with Crippen LogP contribution in [-0.2, 0) is 6.18 Å². The first-order valence-corrected chi connectivity index (χ1v) is 6.29. The van der Waals surface area contributed by atoms with Gasteiger partial charge in [0.15, 0.2) is 0 Å². The van der Waals surface area contributed by atoms with Crippen LogP contribution in [0.2, 0.25) is 0 Å². The normalized spacial score (nSPS) is 11.1. The number of benzene rings is 1. The molecule has 1 heterocycles. The van der Waals surface area contributed by atoms with Crippen molar-refractivity contribution < 1.29 is 22.9 Å². The van der Waals surface area contributed by atoms with Gasteiger partial charge >= 0.3 is 6.18 Å². The molecule has 1 N–H and O–H groups in total. The number of aryl methyl sites for hydroxylation is 1. The summed E-state index contributed by atoms with van der Waals surface area (Å²) in [5.74, 6) is -0.704. The van der Waals surface area contributed by atoms with E-state index in [1.165, 1.54) is 25.1 Å². The van der Waals surface area contributed by atoms with E-state index in [-0.39, 0.29) is 22.6 Å². The lowest BCUT2D eigenvalue weighted by Gasteiger charge is -2.10. The second kappa shape index (κ2) is 6.03. The zero-order valence-electron chi connectivity index (χ0n) is 11.7. The molecule has 9 heteroatoms. The van der Waals surface area contributed by atoms with E-state index in [2.05, 4.69) is 10.3 Å². The van der Waals surface area contributed by atoms with Crippen LogP contribution in [0.3, 0.4) is 0 Å². The van der Waals surface area contributed by atoms with Gasteiger partial charge in [-0.05, 0) is 25.1 Å². The van der Waals surface area contributed by atoms with E-state index in [9.17, 15) is 28.1 Å². The van der Waals surface area contributed by atoms with Crippen LogP contribution in [0.1, 0.15) is 21.7 Å². The maximum Gasteiger partial charge on any atom is 0.433 e. The Kier molecular flexibility index (Phi) is 4.30. The number of amides is 1. The summed E-state index contributed by atoms with van der Waals surface area (Å²) in [5, 5.41) is 13.1. The topological polar surface area (TPSA) is 85.1 Å². The number of non-ortho nitro benzene ring substituents is 1. The molecule has 2 rings (SSSR count). The van der Waals surface area contributed by atoms with Gasteiger partial charge < -0.3 is 5.32 Å². The first kappa shape index (κ1) is 16.4. The van der Waals surface area contributed by atoms with E-state index in [0.29, 0.717) is 6.07 Å². The molecule has 0 spiro atoms. The highest BCUT2D eigenvalue weighted by atomic mass is 19.4. The van der Waals surface area contributed by atoms with Gasteiger partial charge in [-0.15, -0.1) is 0 Å². The molecule has 0 atom stereocenters. The second-order valence-corrected chi connectivity index (χ2v) is 4.59. The van der Waals surface area contributed by atoms with Gasteiger partial charge in [0.25, 0.3) is 11.6 Å². The lowest BCUT2D eigenvalue weighted by molar-refractivity contribution is -0.384. The number of halogens is 3. The van der Waals surface area contributed by atoms with Crippen LogP contribution in [-0.4, -0.2) is 15.8 Å². The summed E-state index contributed by atoms with van der Waals surface area (Å²) in [4.78, 5) is 25.5. The molecule has 0 unspecified atom stereocenters. The number of alkyl halides is 3. The summed E-state index contributed by atoms with van der Waals surface area (Å²) in [7, 11) is 0. The standard InChI is InChI=1S/C14H10F3N3O3/c1-8-11(5-6-12(18-8)14(15,16)17)13(21)19-9-3-2-4-10(7-9)20(22)23/h2-7H,1H3,(H,19,21). The van der Waals surface area contributed by atoms with E-state index < -0.39 is 22.7 Å². The third kappa shape index (κ3) is 3.82. The molecule has 0 bridgehead atoms. The first-order valence-electron chi connectivity index (χ1n) is 6.29. The van der Waals surface area contributed by atoms with E-state index in [1.807, 2.05) is 0 Å². The molecule has 1 amide bonds. The highest BCUT2D eigenvalue weighted by molar-refractivity contribution is 6.05. The van der Waals surface area contributed by atoms with Crippen molar-refractivity contribution in [3.05, 3.63) is 63.5 Å². The van der Waals surface area contributed by atoms with Crippen molar-refractivity contribution in [1.29, 1.82) is 0 Å². The number of nitrogens with zero attached hydrogens (tertiary/aromatic N) is 2. The fourth-order valence-corrected chi connectivity index (χ4v) is 1.85. The molecule has 0 fully saturated rings. The smallest absolute Gasteiger partial charge is 0.322 e. The van der Waals surface area contributed by atoms with Crippen molar-refractivity contribution >= 4 is 17.3 Å². The zero-order chi connectivity index (χ0) is 17.2. The minimum atomic E-state index is -4.60.